The minimum absolute atomic E-state index is 0.0748. The number of nitrogens with one attached hydrogen (secondary N) is 1. The second-order valence-electron chi connectivity index (χ2n) is 12.2. The highest BCUT2D eigenvalue weighted by atomic mass is 31.2. The van der Waals surface area contributed by atoms with Crippen molar-refractivity contribution in [2.75, 3.05) is 26.4 Å². The number of phosphoric ester groups is 1. The summed E-state index contributed by atoms with van der Waals surface area (Å²) < 4.78 is 26.7. The third kappa shape index (κ3) is 35.4. The van der Waals surface area contributed by atoms with Crippen molar-refractivity contribution in [2.24, 2.45) is 0 Å². The number of amides is 1. The van der Waals surface area contributed by atoms with Gasteiger partial charge in [0.15, 0.2) is 0 Å². The van der Waals surface area contributed by atoms with Gasteiger partial charge in [0.2, 0.25) is 5.91 Å². The molecule has 0 fully saturated rings. The Bertz CT molecular complexity index is 876. The van der Waals surface area contributed by atoms with E-state index in [2.05, 4.69) is 55.6 Å². The number of esters is 1. The van der Waals surface area contributed by atoms with Gasteiger partial charge in [0.1, 0.15) is 12.7 Å². The fourth-order valence-electron chi connectivity index (χ4n) is 4.68. The van der Waals surface area contributed by atoms with Crippen LogP contribution in [0.5, 0.6) is 0 Å². The molecule has 0 saturated carbocycles. The van der Waals surface area contributed by atoms with Crippen LogP contribution in [0.4, 0.5) is 0 Å². The average molecular weight is 686 g/mol. The van der Waals surface area contributed by atoms with Crippen LogP contribution < -0.4 is 5.32 Å². The summed E-state index contributed by atoms with van der Waals surface area (Å²) in [5, 5.41) is 12.6. The van der Waals surface area contributed by atoms with Crippen molar-refractivity contribution in [3.8, 4) is 0 Å². The van der Waals surface area contributed by atoms with Crippen LogP contribution in [0, 0.1) is 0 Å². The zero-order valence-electron chi connectivity index (χ0n) is 29.7. The van der Waals surface area contributed by atoms with E-state index in [0.717, 1.165) is 77.0 Å². The van der Waals surface area contributed by atoms with Gasteiger partial charge in [0.25, 0.3) is 0 Å². The maximum absolute atomic E-state index is 12.0. The molecule has 0 rings (SSSR count). The van der Waals surface area contributed by atoms with E-state index in [1.165, 1.54) is 51.4 Å². The average Bonchev–Trinajstić information content (AvgIpc) is 3.05. The van der Waals surface area contributed by atoms with Crippen molar-refractivity contribution in [1.82, 2.24) is 5.32 Å². The van der Waals surface area contributed by atoms with E-state index in [4.69, 9.17) is 13.8 Å². The van der Waals surface area contributed by atoms with Crippen molar-refractivity contribution in [3.05, 3.63) is 36.5 Å². The van der Waals surface area contributed by atoms with E-state index < -0.39 is 26.5 Å². The lowest BCUT2D eigenvalue weighted by molar-refractivity contribution is -0.147. The number of aliphatic hydroxyl groups excluding tert-OH is 1. The molecule has 0 spiro atoms. The molecule has 1 amide bonds. The molecule has 0 aromatic carbocycles. The second-order valence-corrected chi connectivity index (χ2v) is 13.6. The van der Waals surface area contributed by atoms with Crippen LogP contribution in [0.1, 0.15) is 155 Å². The molecule has 0 aliphatic carbocycles. The Labute approximate surface area is 286 Å². The minimum atomic E-state index is -4.41. The Balaban J connectivity index is 3.67. The fraction of sp³-hybridized carbons (Fsp3) is 0.784. The maximum atomic E-state index is 12.0. The molecule has 274 valence electrons. The first kappa shape index (κ1) is 45.2. The molecule has 2 atom stereocenters. The van der Waals surface area contributed by atoms with Crippen LogP contribution in [0.2, 0.25) is 0 Å². The standard InChI is InChI=1S/C37H68NO8P/c1-3-5-7-9-11-13-15-16-17-18-20-22-24-26-28-30-37(41)44-33-35(39)34-46-47(42,43)45-32-31-38-36(40)29-27-25-23-21-19-14-12-10-8-6-4-2/h10-13,16-17,35,39H,3-9,14-15,18-34H2,1-2H3,(H,38,40)(H,42,43)/b12-10-,13-11-,17-16-. The highest BCUT2D eigenvalue weighted by Crippen LogP contribution is 2.42. The van der Waals surface area contributed by atoms with Gasteiger partial charge in [-0.3, -0.25) is 18.6 Å². The lowest BCUT2D eigenvalue weighted by Crippen LogP contribution is -2.27. The number of ether oxygens (including phenoxy) is 1. The quantitative estimate of drug-likeness (QED) is 0.0264. The largest absolute Gasteiger partial charge is 0.472 e. The van der Waals surface area contributed by atoms with Crippen LogP contribution in [0.25, 0.3) is 0 Å². The number of aliphatic hydroxyl groups is 1. The third-order valence-corrected chi connectivity index (χ3v) is 8.53. The summed E-state index contributed by atoms with van der Waals surface area (Å²) in [5.41, 5.74) is 0. The van der Waals surface area contributed by atoms with Crippen molar-refractivity contribution in [3.63, 3.8) is 0 Å². The van der Waals surface area contributed by atoms with Crippen LogP contribution in [-0.2, 0) is 27.9 Å². The molecule has 10 heteroatoms. The van der Waals surface area contributed by atoms with Gasteiger partial charge in [0, 0.05) is 19.4 Å². The van der Waals surface area contributed by atoms with E-state index in [9.17, 15) is 24.2 Å². The first-order valence-corrected chi connectivity index (χ1v) is 20.0. The number of unbranched alkanes of at least 4 members (excludes halogenated alkanes) is 15. The molecule has 47 heavy (non-hydrogen) atoms. The van der Waals surface area contributed by atoms with Gasteiger partial charge in [0.05, 0.1) is 13.2 Å². The van der Waals surface area contributed by atoms with Gasteiger partial charge >= 0.3 is 13.8 Å². The van der Waals surface area contributed by atoms with E-state index in [0.29, 0.717) is 6.42 Å². The summed E-state index contributed by atoms with van der Waals surface area (Å²) >= 11 is 0. The highest BCUT2D eigenvalue weighted by Gasteiger charge is 2.23. The number of hydrogen-bond donors (Lipinski definition) is 3. The summed E-state index contributed by atoms with van der Waals surface area (Å²) in [6.45, 7) is 3.44. The molecule has 0 saturated heterocycles. The van der Waals surface area contributed by atoms with E-state index in [-0.39, 0.29) is 32.1 Å². The molecule has 0 aliphatic heterocycles. The normalized spacial score (nSPS) is 13.9. The molecule has 0 aromatic heterocycles. The zero-order chi connectivity index (χ0) is 34.7. The molecule has 0 heterocycles. The Morgan fingerprint density at radius 1 is 0.660 bits per heavy atom. The van der Waals surface area contributed by atoms with Crippen molar-refractivity contribution in [2.45, 2.75) is 161 Å². The molecular weight excluding hydrogens is 617 g/mol. The monoisotopic (exact) mass is 685 g/mol. The number of rotatable bonds is 34. The van der Waals surface area contributed by atoms with E-state index in [1.807, 2.05) is 0 Å². The van der Waals surface area contributed by atoms with Gasteiger partial charge in [-0.15, -0.1) is 0 Å². The van der Waals surface area contributed by atoms with Crippen molar-refractivity contribution in [1.29, 1.82) is 0 Å². The van der Waals surface area contributed by atoms with Gasteiger partial charge in [-0.05, 0) is 64.2 Å². The Kier molecular flexibility index (Phi) is 32.8. The molecule has 0 aromatic rings. The van der Waals surface area contributed by atoms with Gasteiger partial charge < -0.3 is 20.1 Å². The van der Waals surface area contributed by atoms with Crippen LogP contribution in [0.15, 0.2) is 36.5 Å². The second kappa shape index (κ2) is 34.1. The number of hydrogen-bond acceptors (Lipinski definition) is 7. The summed E-state index contributed by atoms with van der Waals surface area (Å²) in [6, 6.07) is 0. The van der Waals surface area contributed by atoms with Gasteiger partial charge in [-0.1, -0.05) is 115 Å². The fourth-order valence-corrected chi connectivity index (χ4v) is 5.44. The molecule has 0 bridgehead atoms. The van der Waals surface area contributed by atoms with Gasteiger partial charge in [-0.25, -0.2) is 4.57 Å². The number of phosphoric acid groups is 1. The first-order valence-electron chi connectivity index (χ1n) is 18.5. The molecule has 9 nitrogen and oxygen atoms in total. The summed E-state index contributed by atoms with van der Waals surface area (Å²) in [7, 11) is -4.41. The Morgan fingerprint density at radius 2 is 1.17 bits per heavy atom. The van der Waals surface area contributed by atoms with Crippen LogP contribution in [-0.4, -0.2) is 54.3 Å². The van der Waals surface area contributed by atoms with E-state index in [1.54, 1.807) is 0 Å². The molecule has 0 radical (unpaired) electrons. The summed E-state index contributed by atoms with van der Waals surface area (Å²) in [5.74, 6) is -0.544. The number of carbonyl (C=O) groups is 2. The van der Waals surface area contributed by atoms with Crippen molar-refractivity contribution >= 4 is 19.7 Å². The first-order chi connectivity index (χ1) is 22.8. The molecule has 2 unspecified atom stereocenters. The Hall–Kier alpha value is -1.77. The highest BCUT2D eigenvalue weighted by molar-refractivity contribution is 7.47. The number of carbonyl (C=O) groups excluding carboxylic acids is 2. The van der Waals surface area contributed by atoms with Crippen LogP contribution >= 0.6 is 7.82 Å². The minimum Gasteiger partial charge on any atom is -0.463 e. The predicted octanol–water partition coefficient (Wildman–Crippen LogP) is 9.43. The smallest absolute Gasteiger partial charge is 0.463 e. The predicted molar refractivity (Wildman–Crippen MR) is 192 cm³/mol. The van der Waals surface area contributed by atoms with Crippen LogP contribution in [0.3, 0.4) is 0 Å². The maximum Gasteiger partial charge on any atom is 0.472 e. The lowest BCUT2D eigenvalue weighted by Gasteiger charge is -2.15. The molecule has 0 aliphatic rings. The Morgan fingerprint density at radius 3 is 1.79 bits per heavy atom. The SMILES string of the molecule is CCCC/C=C\CCCCCCCC(=O)NCCOP(=O)(O)OCC(O)COC(=O)CCCCCCC/C=C\C/C=C\CCCCC. The van der Waals surface area contributed by atoms with E-state index >= 15 is 0 Å². The third-order valence-electron chi connectivity index (χ3n) is 7.54. The zero-order valence-corrected chi connectivity index (χ0v) is 30.6. The topological polar surface area (TPSA) is 131 Å². The summed E-state index contributed by atoms with van der Waals surface area (Å²) in [4.78, 5) is 33.7. The van der Waals surface area contributed by atoms with Crippen molar-refractivity contribution < 1.29 is 37.9 Å². The molecule has 3 N–H and O–H groups in total. The van der Waals surface area contributed by atoms with Gasteiger partial charge in [-0.2, -0.15) is 0 Å². The summed E-state index contributed by atoms with van der Waals surface area (Å²) in [6.07, 6.45) is 35.0. The number of allylic oxidation sites excluding steroid dienone is 6. The molecular formula is C37H68NO8P. The lowest BCUT2D eigenvalue weighted by atomic mass is 10.1.